The number of ether oxygens (including phenoxy) is 2. The van der Waals surface area contributed by atoms with Crippen LogP contribution in [0, 0.1) is 0 Å². The fourth-order valence-corrected chi connectivity index (χ4v) is 3.42. The van der Waals surface area contributed by atoms with E-state index in [1.807, 2.05) is 36.4 Å². The Kier molecular flexibility index (Phi) is 6.94. The van der Waals surface area contributed by atoms with Gasteiger partial charge in [0.05, 0.1) is 14.2 Å². The third kappa shape index (κ3) is 5.40. The van der Waals surface area contributed by atoms with Crippen LogP contribution >= 0.6 is 0 Å². The molecular formula is C22H27N3O4. The molecule has 7 nitrogen and oxygen atoms in total. The Morgan fingerprint density at radius 1 is 1.07 bits per heavy atom. The Bertz CT molecular complexity index is 838. The first-order valence-corrected chi connectivity index (χ1v) is 9.73. The number of carbonyl (C=O) groups excluding carboxylic acids is 2. The molecule has 2 aromatic carbocycles. The Balaban J connectivity index is 1.51. The lowest BCUT2D eigenvalue weighted by molar-refractivity contribution is -0.124. The number of hydrogen-bond acceptors (Lipinski definition) is 4. The minimum atomic E-state index is -0.448. The van der Waals surface area contributed by atoms with Crippen LogP contribution in [-0.4, -0.2) is 50.2 Å². The Labute approximate surface area is 171 Å². The predicted octanol–water partition coefficient (Wildman–Crippen LogP) is 3.06. The average Bonchev–Trinajstić information content (AvgIpc) is 3.24. The monoisotopic (exact) mass is 397 g/mol. The van der Waals surface area contributed by atoms with E-state index >= 15 is 0 Å². The summed E-state index contributed by atoms with van der Waals surface area (Å²) in [5, 5.41) is 5.81. The molecule has 0 aromatic heterocycles. The third-order valence-electron chi connectivity index (χ3n) is 5.01. The van der Waals surface area contributed by atoms with Gasteiger partial charge in [0, 0.05) is 24.8 Å². The highest BCUT2D eigenvalue weighted by molar-refractivity contribution is 5.94. The number of methoxy groups -OCH3 is 2. The van der Waals surface area contributed by atoms with Crippen molar-refractivity contribution < 1.29 is 19.1 Å². The second kappa shape index (κ2) is 9.82. The second-order valence-corrected chi connectivity index (χ2v) is 6.90. The molecule has 3 rings (SSSR count). The molecule has 1 heterocycles. The summed E-state index contributed by atoms with van der Waals surface area (Å²) in [6, 6.07) is 14.2. The number of amides is 3. The molecule has 0 unspecified atom stereocenters. The maximum atomic E-state index is 12.7. The largest absolute Gasteiger partial charge is 0.497 e. The van der Waals surface area contributed by atoms with Gasteiger partial charge >= 0.3 is 6.03 Å². The van der Waals surface area contributed by atoms with Gasteiger partial charge in [-0.05, 0) is 49.1 Å². The molecule has 1 aliphatic rings. The number of nitrogens with one attached hydrogen (secondary N) is 2. The lowest BCUT2D eigenvalue weighted by Gasteiger charge is -2.24. The molecule has 2 N–H and O–H groups in total. The van der Waals surface area contributed by atoms with Gasteiger partial charge in [0.25, 0.3) is 0 Å². The van der Waals surface area contributed by atoms with Crippen LogP contribution in [0.3, 0.4) is 0 Å². The van der Waals surface area contributed by atoms with E-state index in [0.29, 0.717) is 30.9 Å². The van der Waals surface area contributed by atoms with Crippen molar-refractivity contribution in [1.82, 2.24) is 10.2 Å². The summed E-state index contributed by atoms with van der Waals surface area (Å²) in [6.07, 6.45) is 2.19. The van der Waals surface area contributed by atoms with Gasteiger partial charge in [0.1, 0.15) is 17.5 Å². The van der Waals surface area contributed by atoms with Crippen LogP contribution in [0.2, 0.25) is 0 Å². The molecule has 0 aliphatic carbocycles. The minimum absolute atomic E-state index is 0.114. The molecule has 1 atom stereocenters. The third-order valence-corrected chi connectivity index (χ3v) is 5.01. The molecule has 7 heteroatoms. The molecule has 3 amide bonds. The zero-order valence-electron chi connectivity index (χ0n) is 16.8. The lowest BCUT2D eigenvalue weighted by atomic mass is 10.1. The smallest absolute Gasteiger partial charge is 0.322 e. The van der Waals surface area contributed by atoms with E-state index in [9.17, 15) is 9.59 Å². The van der Waals surface area contributed by atoms with Crippen molar-refractivity contribution in [2.75, 3.05) is 32.6 Å². The summed E-state index contributed by atoms with van der Waals surface area (Å²) in [5.74, 6) is 1.36. The summed E-state index contributed by atoms with van der Waals surface area (Å²) in [7, 11) is 3.21. The van der Waals surface area contributed by atoms with Crippen LogP contribution in [0.15, 0.2) is 48.5 Å². The van der Waals surface area contributed by atoms with Gasteiger partial charge in [-0.15, -0.1) is 0 Å². The van der Waals surface area contributed by atoms with Gasteiger partial charge in [-0.2, -0.15) is 0 Å². The van der Waals surface area contributed by atoms with Crippen molar-refractivity contribution in [3.8, 4) is 11.5 Å². The Morgan fingerprint density at radius 3 is 2.55 bits per heavy atom. The number of benzene rings is 2. The van der Waals surface area contributed by atoms with Crippen molar-refractivity contribution >= 4 is 17.6 Å². The van der Waals surface area contributed by atoms with Gasteiger partial charge in [0.15, 0.2) is 0 Å². The molecule has 1 aliphatic heterocycles. The number of hydrogen-bond donors (Lipinski definition) is 2. The summed E-state index contributed by atoms with van der Waals surface area (Å²) >= 11 is 0. The molecule has 1 saturated heterocycles. The van der Waals surface area contributed by atoms with E-state index in [2.05, 4.69) is 10.6 Å². The van der Waals surface area contributed by atoms with E-state index in [0.717, 1.165) is 24.2 Å². The first-order valence-electron chi connectivity index (χ1n) is 9.73. The molecule has 1 fully saturated rings. The average molecular weight is 397 g/mol. The van der Waals surface area contributed by atoms with E-state index < -0.39 is 6.04 Å². The van der Waals surface area contributed by atoms with Crippen molar-refractivity contribution in [3.05, 3.63) is 54.1 Å². The Hall–Kier alpha value is -3.22. The summed E-state index contributed by atoms with van der Waals surface area (Å²) in [4.78, 5) is 26.9. The van der Waals surface area contributed by atoms with Gasteiger partial charge < -0.3 is 25.0 Å². The highest BCUT2D eigenvalue weighted by atomic mass is 16.5. The standard InChI is InChI=1S/C22H27N3O4/c1-28-18-10-8-16(9-11-18)12-13-23-21(26)20-7-4-14-25(20)22(27)24-17-5-3-6-19(15-17)29-2/h3,5-6,8-11,15,20H,4,7,12-14H2,1-2H3,(H,23,26)(H,24,27)/t20-/m1/s1. The zero-order chi connectivity index (χ0) is 20.6. The zero-order valence-corrected chi connectivity index (χ0v) is 16.8. The summed E-state index contributed by atoms with van der Waals surface area (Å²) < 4.78 is 10.3. The van der Waals surface area contributed by atoms with Crippen LogP contribution in [-0.2, 0) is 11.2 Å². The molecule has 0 spiro atoms. The van der Waals surface area contributed by atoms with E-state index in [-0.39, 0.29) is 11.9 Å². The first kappa shape index (κ1) is 20.5. The Morgan fingerprint density at radius 2 is 1.83 bits per heavy atom. The number of likely N-dealkylation sites (tertiary alicyclic amines) is 1. The quantitative estimate of drug-likeness (QED) is 0.753. The highest BCUT2D eigenvalue weighted by Crippen LogP contribution is 2.21. The molecule has 0 radical (unpaired) electrons. The van der Waals surface area contributed by atoms with Crippen molar-refractivity contribution in [2.24, 2.45) is 0 Å². The second-order valence-electron chi connectivity index (χ2n) is 6.90. The van der Waals surface area contributed by atoms with Crippen LogP contribution in [0.1, 0.15) is 18.4 Å². The normalized spacial score (nSPS) is 15.7. The van der Waals surface area contributed by atoms with Crippen molar-refractivity contribution in [3.63, 3.8) is 0 Å². The number of carbonyl (C=O) groups is 2. The van der Waals surface area contributed by atoms with Gasteiger partial charge in [-0.25, -0.2) is 4.79 Å². The minimum Gasteiger partial charge on any atom is -0.497 e. The maximum Gasteiger partial charge on any atom is 0.322 e. The van der Waals surface area contributed by atoms with E-state index in [4.69, 9.17) is 9.47 Å². The fraction of sp³-hybridized carbons (Fsp3) is 0.364. The van der Waals surface area contributed by atoms with E-state index in [1.54, 1.807) is 31.3 Å². The number of nitrogens with zero attached hydrogens (tertiary/aromatic N) is 1. The summed E-state index contributed by atoms with van der Waals surface area (Å²) in [5.41, 5.74) is 1.75. The molecular weight excluding hydrogens is 370 g/mol. The first-order chi connectivity index (χ1) is 14.1. The highest BCUT2D eigenvalue weighted by Gasteiger charge is 2.34. The van der Waals surface area contributed by atoms with Crippen LogP contribution < -0.4 is 20.1 Å². The van der Waals surface area contributed by atoms with Crippen LogP contribution in [0.25, 0.3) is 0 Å². The van der Waals surface area contributed by atoms with Gasteiger partial charge in [0.2, 0.25) is 5.91 Å². The lowest BCUT2D eigenvalue weighted by Crippen LogP contribution is -2.47. The maximum absolute atomic E-state index is 12.7. The number of anilines is 1. The molecule has 0 saturated carbocycles. The molecule has 0 bridgehead atoms. The van der Waals surface area contributed by atoms with E-state index in [1.165, 1.54) is 0 Å². The van der Waals surface area contributed by atoms with Gasteiger partial charge in [-0.3, -0.25) is 4.79 Å². The molecule has 29 heavy (non-hydrogen) atoms. The van der Waals surface area contributed by atoms with Crippen molar-refractivity contribution in [2.45, 2.75) is 25.3 Å². The van der Waals surface area contributed by atoms with Gasteiger partial charge in [-0.1, -0.05) is 18.2 Å². The SMILES string of the molecule is COc1ccc(CCNC(=O)[C@H]2CCCN2C(=O)Nc2cccc(OC)c2)cc1. The predicted molar refractivity (Wildman–Crippen MR) is 111 cm³/mol. The topological polar surface area (TPSA) is 79.9 Å². The summed E-state index contributed by atoms with van der Waals surface area (Å²) in [6.45, 7) is 1.08. The number of rotatable bonds is 7. The van der Waals surface area contributed by atoms with Crippen molar-refractivity contribution in [1.29, 1.82) is 0 Å². The van der Waals surface area contributed by atoms with Crippen LogP contribution in [0.5, 0.6) is 11.5 Å². The number of urea groups is 1. The van der Waals surface area contributed by atoms with Crippen LogP contribution in [0.4, 0.5) is 10.5 Å². The molecule has 2 aromatic rings. The molecule has 154 valence electrons. The fourth-order valence-electron chi connectivity index (χ4n) is 3.42.